The van der Waals surface area contributed by atoms with Gasteiger partial charge in [-0.1, -0.05) is 0 Å². The first-order valence-electron chi connectivity index (χ1n) is 6.05. The molecule has 0 aliphatic heterocycles. The topological polar surface area (TPSA) is 75.1 Å². The van der Waals surface area contributed by atoms with Gasteiger partial charge in [-0.25, -0.2) is 4.68 Å². The number of halogens is 3. The highest BCUT2D eigenvalue weighted by atomic mass is 19.4. The van der Waals surface area contributed by atoms with Crippen molar-refractivity contribution in [2.24, 2.45) is 7.05 Å². The Bertz CT molecular complexity index is 509. The van der Waals surface area contributed by atoms with Gasteiger partial charge in [0.25, 0.3) is 0 Å². The predicted molar refractivity (Wildman–Crippen MR) is 72.0 cm³/mol. The van der Waals surface area contributed by atoms with Gasteiger partial charge in [-0.2, -0.15) is 18.2 Å². The molecule has 1 amide bonds. The molecule has 1 rings (SSSR count). The zero-order valence-corrected chi connectivity index (χ0v) is 11.9. The van der Waals surface area contributed by atoms with Crippen molar-refractivity contribution >= 4 is 17.8 Å². The maximum atomic E-state index is 11.8. The Labute approximate surface area is 119 Å². The average molecular weight is 306 g/mol. The third kappa shape index (κ3) is 6.15. The van der Waals surface area contributed by atoms with Crippen LogP contribution in [0.25, 0.3) is 0 Å². The van der Waals surface area contributed by atoms with E-state index in [1.165, 1.54) is 0 Å². The van der Waals surface area contributed by atoms with Crippen molar-refractivity contribution in [3.63, 3.8) is 0 Å². The van der Waals surface area contributed by atoms with Gasteiger partial charge in [0.1, 0.15) is 0 Å². The Morgan fingerprint density at radius 3 is 2.57 bits per heavy atom. The summed E-state index contributed by atoms with van der Waals surface area (Å²) in [6.45, 7) is 0.444. The van der Waals surface area contributed by atoms with Crippen LogP contribution >= 0.6 is 0 Å². The van der Waals surface area contributed by atoms with Crippen LogP contribution in [0.1, 0.15) is 0 Å². The molecule has 1 aromatic heterocycles. The number of allylic oxidation sites excluding steroid dienone is 1. The fraction of sp³-hybridized carbons (Fsp3) is 0.545. The van der Waals surface area contributed by atoms with Crippen molar-refractivity contribution in [3.8, 4) is 0 Å². The molecule has 0 saturated heterocycles. The van der Waals surface area contributed by atoms with Crippen molar-refractivity contribution in [2.45, 2.75) is 6.18 Å². The standard InChI is InChI=1S/C11H17F3N6O/c1-19(2)10-17-9(18-20(10)3)16-7-6-15-8(21)4-5-11(12,13)14/h4-5H,6-7H2,1-3H3,(H,15,21)(H,16,18)/b5-4+. The molecule has 1 heterocycles. The molecule has 0 aliphatic rings. The molecule has 118 valence electrons. The number of carbonyl (C=O) groups excluding carboxylic acids is 1. The van der Waals surface area contributed by atoms with E-state index in [4.69, 9.17) is 0 Å². The summed E-state index contributed by atoms with van der Waals surface area (Å²) in [5.74, 6) is 0.216. The smallest absolute Gasteiger partial charge is 0.351 e. The van der Waals surface area contributed by atoms with Gasteiger partial charge < -0.3 is 15.5 Å². The number of aryl methyl sites for hydroxylation is 1. The summed E-state index contributed by atoms with van der Waals surface area (Å²) in [4.78, 5) is 17.0. The molecule has 2 N–H and O–H groups in total. The van der Waals surface area contributed by atoms with E-state index < -0.39 is 12.1 Å². The van der Waals surface area contributed by atoms with Gasteiger partial charge >= 0.3 is 6.18 Å². The molecule has 21 heavy (non-hydrogen) atoms. The van der Waals surface area contributed by atoms with Crippen LogP contribution in [0, 0.1) is 0 Å². The molecular formula is C11H17F3N6O. The minimum absolute atomic E-state index is 0.112. The minimum Gasteiger partial charge on any atom is -0.351 e. The van der Waals surface area contributed by atoms with Crippen molar-refractivity contribution in [1.82, 2.24) is 20.1 Å². The average Bonchev–Trinajstić information content (AvgIpc) is 2.73. The Morgan fingerprint density at radius 2 is 2.05 bits per heavy atom. The van der Waals surface area contributed by atoms with Crippen molar-refractivity contribution in [2.75, 3.05) is 37.4 Å². The van der Waals surface area contributed by atoms with E-state index in [0.29, 0.717) is 24.5 Å². The molecule has 0 spiro atoms. The molecule has 0 radical (unpaired) electrons. The van der Waals surface area contributed by atoms with Gasteiger partial charge in [-0.05, 0) is 0 Å². The summed E-state index contributed by atoms with van der Waals surface area (Å²) in [6.07, 6.45) is -4.15. The normalized spacial score (nSPS) is 11.7. The highest BCUT2D eigenvalue weighted by molar-refractivity contribution is 5.87. The Kier molecular flexibility index (Phi) is 5.56. The van der Waals surface area contributed by atoms with Gasteiger partial charge in [-0.3, -0.25) is 4.79 Å². The summed E-state index contributed by atoms with van der Waals surface area (Å²) in [5.41, 5.74) is 0. The van der Waals surface area contributed by atoms with Crippen LogP contribution in [0.5, 0.6) is 0 Å². The van der Waals surface area contributed by atoms with Crippen LogP contribution in [0.4, 0.5) is 25.1 Å². The lowest BCUT2D eigenvalue weighted by Crippen LogP contribution is -2.27. The lowest BCUT2D eigenvalue weighted by Gasteiger charge is -2.08. The molecule has 1 aromatic rings. The van der Waals surface area contributed by atoms with E-state index >= 15 is 0 Å². The van der Waals surface area contributed by atoms with Crippen LogP contribution < -0.4 is 15.5 Å². The number of rotatable bonds is 6. The van der Waals surface area contributed by atoms with Gasteiger partial charge in [0, 0.05) is 46.4 Å². The number of amides is 1. The number of nitrogens with zero attached hydrogens (tertiary/aromatic N) is 4. The van der Waals surface area contributed by atoms with E-state index in [9.17, 15) is 18.0 Å². The fourth-order valence-electron chi connectivity index (χ4n) is 1.43. The molecule has 0 aliphatic carbocycles. The highest BCUT2D eigenvalue weighted by Crippen LogP contribution is 2.15. The third-order valence-corrected chi connectivity index (χ3v) is 2.27. The summed E-state index contributed by atoms with van der Waals surface area (Å²) in [5, 5.41) is 9.26. The summed E-state index contributed by atoms with van der Waals surface area (Å²) in [7, 11) is 5.37. The molecule has 0 bridgehead atoms. The maximum absolute atomic E-state index is 11.8. The highest BCUT2D eigenvalue weighted by Gasteiger charge is 2.22. The zero-order chi connectivity index (χ0) is 16.0. The molecule has 0 saturated carbocycles. The number of hydrogen-bond acceptors (Lipinski definition) is 5. The Morgan fingerprint density at radius 1 is 1.38 bits per heavy atom. The second-order valence-electron chi connectivity index (χ2n) is 4.35. The lowest BCUT2D eigenvalue weighted by atomic mass is 10.4. The second kappa shape index (κ2) is 6.95. The number of nitrogens with one attached hydrogen (secondary N) is 2. The molecule has 0 aromatic carbocycles. The van der Waals surface area contributed by atoms with Gasteiger partial charge in [0.05, 0.1) is 0 Å². The van der Waals surface area contributed by atoms with Crippen LogP contribution in [0.15, 0.2) is 12.2 Å². The second-order valence-corrected chi connectivity index (χ2v) is 4.35. The largest absolute Gasteiger partial charge is 0.409 e. The minimum atomic E-state index is -4.49. The van der Waals surface area contributed by atoms with E-state index in [-0.39, 0.29) is 12.6 Å². The number of carbonyl (C=O) groups is 1. The summed E-state index contributed by atoms with van der Waals surface area (Å²) in [6, 6.07) is 0. The van der Waals surface area contributed by atoms with Crippen molar-refractivity contribution in [1.29, 1.82) is 0 Å². The molecule has 0 unspecified atom stereocenters. The quantitative estimate of drug-likeness (QED) is 0.592. The molecular weight excluding hydrogens is 289 g/mol. The van der Waals surface area contributed by atoms with E-state index in [0.717, 1.165) is 0 Å². The molecule has 0 fully saturated rings. The van der Waals surface area contributed by atoms with Crippen molar-refractivity contribution in [3.05, 3.63) is 12.2 Å². The number of aromatic nitrogens is 3. The molecule has 7 nitrogen and oxygen atoms in total. The number of alkyl halides is 3. The van der Waals surface area contributed by atoms with Crippen LogP contribution in [0.3, 0.4) is 0 Å². The summed E-state index contributed by atoms with van der Waals surface area (Å²) < 4.78 is 37.1. The lowest BCUT2D eigenvalue weighted by molar-refractivity contribution is -0.117. The van der Waals surface area contributed by atoms with Gasteiger partial charge in [0.15, 0.2) is 0 Å². The van der Waals surface area contributed by atoms with E-state index in [1.807, 2.05) is 14.1 Å². The van der Waals surface area contributed by atoms with Gasteiger partial charge in [0.2, 0.25) is 17.8 Å². The van der Waals surface area contributed by atoms with Crippen molar-refractivity contribution < 1.29 is 18.0 Å². The SMILES string of the molecule is CN(C)c1nc(NCCNC(=O)/C=C/C(F)(F)F)nn1C. The first-order chi connectivity index (χ1) is 9.69. The van der Waals surface area contributed by atoms with E-state index in [1.54, 1.807) is 16.6 Å². The molecule has 10 heteroatoms. The van der Waals surface area contributed by atoms with Crippen LogP contribution in [0.2, 0.25) is 0 Å². The first kappa shape index (κ1) is 16.8. The van der Waals surface area contributed by atoms with Gasteiger partial charge in [-0.15, -0.1) is 5.10 Å². The Hall–Kier alpha value is -2.26. The first-order valence-corrected chi connectivity index (χ1v) is 6.05. The monoisotopic (exact) mass is 306 g/mol. The fourth-order valence-corrected chi connectivity index (χ4v) is 1.43. The predicted octanol–water partition coefficient (Wildman–Crippen LogP) is 0.528. The number of hydrogen-bond donors (Lipinski definition) is 2. The van der Waals surface area contributed by atoms with Crippen LogP contribution in [-0.4, -0.2) is 54.0 Å². The Balaban J connectivity index is 2.33. The maximum Gasteiger partial charge on any atom is 0.409 e. The third-order valence-electron chi connectivity index (χ3n) is 2.27. The van der Waals surface area contributed by atoms with Crippen LogP contribution in [-0.2, 0) is 11.8 Å². The molecule has 0 atom stereocenters. The van der Waals surface area contributed by atoms with E-state index in [2.05, 4.69) is 20.7 Å². The number of anilines is 2. The zero-order valence-electron chi connectivity index (χ0n) is 11.9. The summed E-state index contributed by atoms with van der Waals surface area (Å²) >= 11 is 0.